The van der Waals surface area contributed by atoms with E-state index in [2.05, 4.69) is 59.5 Å². The van der Waals surface area contributed by atoms with Gasteiger partial charge >= 0.3 is 0 Å². The topological polar surface area (TPSA) is 130 Å². The van der Waals surface area contributed by atoms with Gasteiger partial charge in [-0.3, -0.25) is 24.5 Å². The summed E-state index contributed by atoms with van der Waals surface area (Å²) in [6.07, 6.45) is 17.0. The summed E-state index contributed by atoms with van der Waals surface area (Å²) >= 11 is 0. The van der Waals surface area contributed by atoms with Crippen molar-refractivity contribution in [2.75, 3.05) is 44.4 Å². The molecule has 2 fully saturated rings. The van der Waals surface area contributed by atoms with Crippen LogP contribution >= 0.6 is 0 Å². The second-order valence-corrected chi connectivity index (χ2v) is 13.9. The number of nitrogens with one attached hydrogen (secondary N) is 2. The Labute approximate surface area is 301 Å². The van der Waals surface area contributed by atoms with E-state index in [1.807, 2.05) is 66.4 Å². The van der Waals surface area contributed by atoms with E-state index in [0.29, 0.717) is 36.8 Å². The number of piperidine rings is 2. The highest BCUT2D eigenvalue weighted by molar-refractivity contribution is 5.94. The average molecular weight is 696 g/mol. The number of carbonyl (C=O) groups is 2. The van der Waals surface area contributed by atoms with E-state index in [-0.39, 0.29) is 29.9 Å². The maximum absolute atomic E-state index is 13.6. The lowest BCUT2D eigenvalue weighted by Gasteiger charge is -2.36. The van der Waals surface area contributed by atoms with E-state index < -0.39 is 0 Å². The van der Waals surface area contributed by atoms with Crippen molar-refractivity contribution in [3.05, 3.63) is 98.1 Å². The van der Waals surface area contributed by atoms with Gasteiger partial charge in [-0.25, -0.2) is 9.97 Å². The number of hydrogen-bond donors (Lipinski definition) is 2. The van der Waals surface area contributed by atoms with Crippen LogP contribution in [0, 0.1) is 11.8 Å². The van der Waals surface area contributed by atoms with Crippen LogP contribution < -0.4 is 15.4 Å². The van der Waals surface area contributed by atoms with E-state index in [1.165, 1.54) is 0 Å². The Hall–Kier alpha value is -5.72. The molecule has 264 valence electrons. The number of aromatic nitrogens is 5. The number of ether oxygens (including phenoxy) is 1. The molecule has 0 bridgehead atoms. The van der Waals surface area contributed by atoms with Crippen LogP contribution in [0.5, 0.6) is 5.75 Å². The number of hydrogen-bond acceptors (Lipinski definition) is 9. The van der Waals surface area contributed by atoms with Crippen molar-refractivity contribution in [1.82, 2.24) is 34.1 Å². The molecule has 7 heterocycles. The highest BCUT2D eigenvalue weighted by Crippen LogP contribution is 2.35. The van der Waals surface area contributed by atoms with E-state index in [0.717, 1.165) is 64.5 Å². The van der Waals surface area contributed by atoms with Gasteiger partial charge in [0, 0.05) is 78.3 Å². The highest BCUT2D eigenvalue weighted by atomic mass is 16.5. The standard InChI is InChI=1S/C40H41N9O3/c1-47-14-7-27(8-15-47)39(50)45-36-20-28(5-13-43-36)30-17-31-22-42-12-6-34(31)35(19-30)52-38-21-29(9-16-48(38)2)40(51)46-37-25-49-24-32(18-33(49)23-44-37)26-3-10-41-11-4-26/h3-6,10-13,17-20,22-25,27,29,38H,7-9,14-16,21H2,1-2H3,(H,46,51)(H,43,45,50). The van der Waals surface area contributed by atoms with Crippen molar-refractivity contribution >= 4 is 39.7 Å². The normalized spacial score (nSPS) is 18.7. The number of likely N-dealkylation sites (tertiary alicyclic amines) is 2. The molecule has 2 atom stereocenters. The molecule has 2 N–H and O–H groups in total. The summed E-state index contributed by atoms with van der Waals surface area (Å²) in [6.45, 7) is 2.53. The van der Waals surface area contributed by atoms with Crippen molar-refractivity contribution < 1.29 is 14.3 Å². The fraction of sp³-hybridized carbons (Fsp3) is 0.300. The Morgan fingerprint density at radius 2 is 1.46 bits per heavy atom. The second kappa shape index (κ2) is 14.5. The van der Waals surface area contributed by atoms with Crippen molar-refractivity contribution in [3.63, 3.8) is 0 Å². The molecule has 1 aromatic carbocycles. The summed E-state index contributed by atoms with van der Waals surface area (Å²) in [5, 5.41) is 7.95. The van der Waals surface area contributed by atoms with Gasteiger partial charge in [0.2, 0.25) is 11.8 Å². The monoisotopic (exact) mass is 695 g/mol. The Kier molecular flexibility index (Phi) is 9.31. The average Bonchev–Trinajstić information content (AvgIpc) is 3.60. The molecule has 8 rings (SSSR count). The number of carbonyl (C=O) groups excluding carboxylic acids is 2. The zero-order chi connectivity index (χ0) is 35.6. The molecule has 2 saturated heterocycles. The van der Waals surface area contributed by atoms with Gasteiger partial charge in [0.25, 0.3) is 0 Å². The first-order valence-corrected chi connectivity index (χ1v) is 17.8. The molecule has 2 unspecified atom stereocenters. The Balaban J connectivity index is 0.982. The third-order valence-corrected chi connectivity index (χ3v) is 10.3. The number of rotatable bonds is 8. The van der Waals surface area contributed by atoms with Crippen molar-refractivity contribution in [2.45, 2.75) is 31.9 Å². The molecule has 0 radical (unpaired) electrons. The fourth-order valence-electron chi connectivity index (χ4n) is 7.19. The van der Waals surface area contributed by atoms with Crippen LogP contribution in [-0.4, -0.2) is 85.9 Å². The largest absolute Gasteiger partial charge is 0.474 e. The number of pyridine rings is 3. The van der Waals surface area contributed by atoms with Crippen molar-refractivity contribution in [1.29, 1.82) is 0 Å². The molecule has 2 aliphatic heterocycles. The Morgan fingerprint density at radius 1 is 0.712 bits per heavy atom. The zero-order valence-electron chi connectivity index (χ0n) is 29.3. The summed E-state index contributed by atoms with van der Waals surface area (Å²) in [7, 11) is 4.11. The second-order valence-electron chi connectivity index (χ2n) is 13.9. The maximum atomic E-state index is 13.6. The van der Waals surface area contributed by atoms with E-state index in [4.69, 9.17) is 4.74 Å². The zero-order valence-corrected chi connectivity index (χ0v) is 29.3. The molecule has 5 aromatic heterocycles. The number of fused-ring (bicyclic) bond motifs is 2. The molecule has 52 heavy (non-hydrogen) atoms. The molecule has 0 saturated carbocycles. The molecule has 6 aromatic rings. The predicted molar refractivity (Wildman–Crippen MR) is 201 cm³/mol. The first-order chi connectivity index (χ1) is 25.4. The van der Waals surface area contributed by atoms with Crippen LogP contribution in [0.1, 0.15) is 25.7 Å². The van der Waals surface area contributed by atoms with Gasteiger partial charge in [0.05, 0.1) is 17.9 Å². The summed E-state index contributed by atoms with van der Waals surface area (Å²) in [6, 6.07) is 15.9. The van der Waals surface area contributed by atoms with Gasteiger partial charge < -0.3 is 24.7 Å². The minimum Gasteiger partial charge on any atom is -0.474 e. The molecular weight excluding hydrogens is 654 g/mol. The minimum atomic E-state index is -0.333. The first kappa shape index (κ1) is 33.4. The van der Waals surface area contributed by atoms with Crippen molar-refractivity contribution in [2.24, 2.45) is 11.8 Å². The maximum Gasteiger partial charge on any atom is 0.228 e. The van der Waals surface area contributed by atoms with Gasteiger partial charge in [0.15, 0.2) is 6.23 Å². The lowest BCUT2D eigenvalue weighted by molar-refractivity contribution is -0.124. The minimum absolute atomic E-state index is 0.0135. The SMILES string of the molecule is CN1CCC(C(=O)Nc2cc(-c3cc(OC4CC(C(=O)Nc5cn6cc(-c7ccncc7)cc6cn5)CCN4C)c4ccncc4c3)ccn2)CC1. The van der Waals surface area contributed by atoms with Crippen LogP contribution in [0.2, 0.25) is 0 Å². The quantitative estimate of drug-likeness (QED) is 0.198. The van der Waals surface area contributed by atoms with Gasteiger partial charge in [-0.2, -0.15) is 0 Å². The number of anilines is 2. The smallest absolute Gasteiger partial charge is 0.228 e. The lowest BCUT2D eigenvalue weighted by Crippen LogP contribution is -2.46. The van der Waals surface area contributed by atoms with Gasteiger partial charge in [-0.05, 0) is 112 Å². The number of amides is 2. The number of nitrogens with zero attached hydrogens (tertiary/aromatic N) is 7. The van der Waals surface area contributed by atoms with Crippen LogP contribution in [0.15, 0.2) is 98.1 Å². The Morgan fingerprint density at radius 3 is 2.31 bits per heavy atom. The van der Waals surface area contributed by atoms with Crippen LogP contribution in [-0.2, 0) is 9.59 Å². The fourth-order valence-corrected chi connectivity index (χ4v) is 7.19. The molecule has 12 heteroatoms. The lowest BCUT2D eigenvalue weighted by atomic mass is 9.94. The molecule has 0 aliphatic carbocycles. The summed E-state index contributed by atoms with van der Waals surface area (Å²) in [5.41, 5.74) is 4.86. The van der Waals surface area contributed by atoms with E-state index >= 15 is 0 Å². The van der Waals surface area contributed by atoms with E-state index in [9.17, 15) is 9.59 Å². The molecule has 12 nitrogen and oxygen atoms in total. The van der Waals surface area contributed by atoms with Gasteiger partial charge in [0.1, 0.15) is 17.4 Å². The van der Waals surface area contributed by atoms with Crippen LogP contribution in [0.3, 0.4) is 0 Å². The Bertz CT molecular complexity index is 2230. The third-order valence-electron chi connectivity index (χ3n) is 10.3. The van der Waals surface area contributed by atoms with E-state index in [1.54, 1.807) is 31.0 Å². The molecule has 0 spiro atoms. The van der Waals surface area contributed by atoms with Crippen molar-refractivity contribution in [3.8, 4) is 28.0 Å². The third kappa shape index (κ3) is 7.21. The summed E-state index contributed by atoms with van der Waals surface area (Å²) in [5.74, 6) is 1.38. The van der Waals surface area contributed by atoms with Crippen LogP contribution in [0.25, 0.3) is 38.5 Å². The number of benzene rings is 1. The highest BCUT2D eigenvalue weighted by Gasteiger charge is 2.32. The summed E-state index contributed by atoms with van der Waals surface area (Å²) < 4.78 is 8.74. The van der Waals surface area contributed by atoms with Gasteiger partial charge in [-0.1, -0.05) is 0 Å². The molecular formula is C40H41N9O3. The predicted octanol–water partition coefficient (Wildman–Crippen LogP) is 5.97. The molecule has 2 aliphatic rings. The van der Waals surface area contributed by atoms with Crippen LogP contribution in [0.4, 0.5) is 11.6 Å². The first-order valence-electron chi connectivity index (χ1n) is 17.8. The summed E-state index contributed by atoms with van der Waals surface area (Å²) in [4.78, 5) is 48.5. The van der Waals surface area contributed by atoms with Gasteiger partial charge in [-0.15, -0.1) is 0 Å². The molecule has 2 amide bonds.